The van der Waals surface area contributed by atoms with Gasteiger partial charge >= 0.3 is 5.97 Å². The third-order valence-electron chi connectivity index (χ3n) is 4.16. The highest BCUT2D eigenvalue weighted by Gasteiger charge is 2.23. The maximum atomic E-state index is 12.1. The molecule has 2 rings (SSSR count). The first-order valence-electron chi connectivity index (χ1n) is 7.83. The summed E-state index contributed by atoms with van der Waals surface area (Å²) in [5.41, 5.74) is 0.905. The average Bonchev–Trinajstić information content (AvgIpc) is 2.50. The monoisotopic (exact) mass is 304 g/mol. The second-order valence-corrected chi connectivity index (χ2v) is 6.11. The molecule has 1 aliphatic rings. The van der Waals surface area contributed by atoms with E-state index in [1.807, 2.05) is 30.3 Å². The molecule has 0 aromatic heterocycles. The lowest BCUT2D eigenvalue weighted by Crippen LogP contribution is -2.47. The van der Waals surface area contributed by atoms with E-state index in [-0.39, 0.29) is 12.5 Å². The Bertz CT molecular complexity index is 496. The molecule has 0 bridgehead atoms. The lowest BCUT2D eigenvalue weighted by Gasteiger charge is -2.29. The van der Waals surface area contributed by atoms with Crippen molar-refractivity contribution in [3.8, 4) is 0 Å². The van der Waals surface area contributed by atoms with Crippen LogP contribution in [0.1, 0.15) is 25.3 Å². The van der Waals surface area contributed by atoms with Gasteiger partial charge in [0.1, 0.15) is 6.04 Å². The molecular formula is C17H24N2O3. The fourth-order valence-corrected chi connectivity index (χ4v) is 2.71. The summed E-state index contributed by atoms with van der Waals surface area (Å²) < 4.78 is 0. The molecule has 1 aromatic carbocycles. The van der Waals surface area contributed by atoms with Gasteiger partial charge in [0.25, 0.3) is 0 Å². The molecule has 2 N–H and O–H groups in total. The summed E-state index contributed by atoms with van der Waals surface area (Å²) in [6.45, 7) is 4.32. The van der Waals surface area contributed by atoms with Gasteiger partial charge in [0.2, 0.25) is 5.91 Å². The van der Waals surface area contributed by atoms with Crippen LogP contribution in [-0.2, 0) is 16.0 Å². The van der Waals surface area contributed by atoms with Gasteiger partial charge in [-0.15, -0.1) is 0 Å². The summed E-state index contributed by atoms with van der Waals surface area (Å²) >= 11 is 0. The first-order valence-corrected chi connectivity index (χ1v) is 7.83. The van der Waals surface area contributed by atoms with Crippen LogP contribution in [0.3, 0.4) is 0 Å². The smallest absolute Gasteiger partial charge is 0.326 e. The molecule has 22 heavy (non-hydrogen) atoms. The van der Waals surface area contributed by atoms with E-state index in [1.54, 1.807) is 0 Å². The van der Waals surface area contributed by atoms with Gasteiger partial charge in [-0.1, -0.05) is 37.3 Å². The number of piperidine rings is 1. The molecule has 1 aromatic rings. The van der Waals surface area contributed by atoms with Gasteiger partial charge in [-0.3, -0.25) is 9.69 Å². The summed E-state index contributed by atoms with van der Waals surface area (Å²) in [6.07, 6.45) is 2.50. The number of hydrogen-bond donors (Lipinski definition) is 2. The van der Waals surface area contributed by atoms with Crippen LogP contribution in [0, 0.1) is 5.92 Å². The predicted molar refractivity (Wildman–Crippen MR) is 84.6 cm³/mol. The molecule has 0 aliphatic carbocycles. The first-order chi connectivity index (χ1) is 10.5. The maximum Gasteiger partial charge on any atom is 0.326 e. The van der Waals surface area contributed by atoms with E-state index in [4.69, 9.17) is 0 Å². The normalized spacial score (nSPS) is 17.9. The number of hydrogen-bond acceptors (Lipinski definition) is 3. The number of carboxylic acids is 1. The summed E-state index contributed by atoms with van der Waals surface area (Å²) in [4.78, 5) is 25.5. The van der Waals surface area contributed by atoms with Crippen LogP contribution in [0.4, 0.5) is 0 Å². The SMILES string of the molecule is CC1CCN(CC(=O)NC(Cc2ccccc2)C(=O)O)CC1. The van der Waals surface area contributed by atoms with Crippen molar-refractivity contribution in [2.75, 3.05) is 19.6 Å². The van der Waals surface area contributed by atoms with Crippen LogP contribution >= 0.6 is 0 Å². The Morgan fingerprint density at radius 2 is 1.91 bits per heavy atom. The molecule has 1 atom stereocenters. The van der Waals surface area contributed by atoms with Crippen LogP contribution in [0.15, 0.2) is 30.3 Å². The molecule has 5 nitrogen and oxygen atoms in total. The van der Waals surface area contributed by atoms with Gasteiger partial charge in [0, 0.05) is 6.42 Å². The van der Waals surface area contributed by atoms with Crippen molar-refractivity contribution in [1.29, 1.82) is 0 Å². The summed E-state index contributed by atoms with van der Waals surface area (Å²) in [5.74, 6) is -0.494. The molecule has 0 spiro atoms. The van der Waals surface area contributed by atoms with Gasteiger partial charge in [-0.05, 0) is 37.4 Å². The van der Waals surface area contributed by atoms with Crippen molar-refractivity contribution in [3.63, 3.8) is 0 Å². The Morgan fingerprint density at radius 1 is 1.27 bits per heavy atom. The summed E-state index contributed by atoms with van der Waals surface area (Å²) in [5, 5.41) is 11.9. The van der Waals surface area contributed by atoms with Crippen molar-refractivity contribution in [3.05, 3.63) is 35.9 Å². The van der Waals surface area contributed by atoms with E-state index in [2.05, 4.69) is 17.1 Å². The molecule has 1 aliphatic heterocycles. The number of rotatable bonds is 6. The number of nitrogens with one attached hydrogen (secondary N) is 1. The van der Waals surface area contributed by atoms with E-state index in [1.165, 1.54) is 0 Å². The van der Waals surface area contributed by atoms with Gasteiger partial charge in [0.15, 0.2) is 0 Å². The second kappa shape index (κ2) is 7.94. The zero-order valence-electron chi connectivity index (χ0n) is 13.0. The van der Waals surface area contributed by atoms with E-state index in [0.29, 0.717) is 12.3 Å². The van der Waals surface area contributed by atoms with Gasteiger partial charge in [0.05, 0.1) is 6.54 Å². The fourth-order valence-electron chi connectivity index (χ4n) is 2.71. The fraction of sp³-hybridized carbons (Fsp3) is 0.529. The molecule has 5 heteroatoms. The number of carbonyl (C=O) groups excluding carboxylic acids is 1. The van der Waals surface area contributed by atoms with E-state index < -0.39 is 12.0 Å². The molecular weight excluding hydrogens is 280 g/mol. The van der Waals surface area contributed by atoms with E-state index in [0.717, 1.165) is 31.5 Å². The third-order valence-corrected chi connectivity index (χ3v) is 4.16. The van der Waals surface area contributed by atoms with E-state index >= 15 is 0 Å². The molecule has 1 amide bonds. The van der Waals surface area contributed by atoms with E-state index in [9.17, 15) is 14.7 Å². The highest BCUT2D eigenvalue weighted by atomic mass is 16.4. The number of benzene rings is 1. The van der Waals surface area contributed by atoms with Crippen molar-refractivity contribution in [2.45, 2.75) is 32.2 Å². The van der Waals surface area contributed by atoms with Crippen LogP contribution < -0.4 is 5.32 Å². The van der Waals surface area contributed by atoms with Crippen LogP contribution in [0.5, 0.6) is 0 Å². The van der Waals surface area contributed by atoms with Gasteiger partial charge in [-0.2, -0.15) is 0 Å². The van der Waals surface area contributed by atoms with Crippen molar-refractivity contribution < 1.29 is 14.7 Å². The zero-order chi connectivity index (χ0) is 15.9. The minimum absolute atomic E-state index is 0.210. The number of likely N-dealkylation sites (tertiary alicyclic amines) is 1. The molecule has 120 valence electrons. The quantitative estimate of drug-likeness (QED) is 0.836. The van der Waals surface area contributed by atoms with Crippen molar-refractivity contribution in [1.82, 2.24) is 10.2 Å². The molecule has 1 heterocycles. The molecule has 0 saturated carbocycles. The zero-order valence-corrected chi connectivity index (χ0v) is 13.0. The maximum absolute atomic E-state index is 12.1. The third kappa shape index (κ3) is 5.15. The number of carboxylic acid groups (broad SMARTS) is 1. The Kier molecular flexibility index (Phi) is 5.95. The Balaban J connectivity index is 1.85. The number of aliphatic carboxylic acids is 1. The molecule has 1 fully saturated rings. The number of carbonyl (C=O) groups is 2. The average molecular weight is 304 g/mol. The highest BCUT2D eigenvalue weighted by Crippen LogP contribution is 2.15. The molecule has 1 unspecified atom stereocenters. The van der Waals surface area contributed by atoms with Crippen LogP contribution in [0.25, 0.3) is 0 Å². The number of nitrogens with zero attached hydrogens (tertiary/aromatic N) is 1. The van der Waals surface area contributed by atoms with Gasteiger partial charge < -0.3 is 10.4 Å². The van der Waals surface area contributed by atoms with Crippen molar-refractivity contribution in [2.24, 2.45) is 5.92 Å². The minimum atomic E-state index is -0.996. The summed E-state index contributed by atoms with van der Waals surface area (Å²) in [6, 6.07) is 8.48. The second-order valence-electron chi connectivity index (χ2n) is 6.11. The standard InChI is InChI=1S/C17H24N2O3/c1-13-7-9-19(10-8-13)12-16(20)18-15(17(21)22)11-14-5-3-2-4-6-14/h2-6,13,15H,7-12H2,1H3,(H,18,20)(H,21,22). The lowest BCUT2D eigenvalue weighted by molar-refractivity contribution is -0.142. The van der Waals surface area contributed by atoms with Crippen molar-refractivity contribution >= 4 is 11.9 Å². The number of amides is 1. The Hall–Kier alpha value is -1.88. The summed E-state index contributed by atoms with van der Waals surface area (Å²) in [7, 11) is 0. The Labute approximate surface area is 131 Å². The predicted octanol–water partition coefficient (Wildman–Crippen LogP) is 1.53. The van der Waals surface area contributed by atoms with Crippen LogP contribution in [-0.4, -0.2) is 47.6 Å². The first kappa shape index (κ1) is 16.5. The largest absolute Gasteiger partial charge is 0.480 e. The topological polar surface area (TPSA) is 69.6 Å². The van der Waals surface area contributed by atoms with Crippen LogP contribution in [0.2, 0.25) is 0 Å². The molecule has 1 saturated heterocycles. The van der Waals surface area contributed by atoms with Gasteiger partial charge in [-0.25, -0.2) is 4.79 Å². The lowest BCUT2D eigenvalue weighted by atomic mass is 9.99. The molecule has 0 radical (unpaired) electrons. The minimum Gasteiger partial charge on any atom is -0.480 e. The Morgan fingerprint density at radius 3 is 2.50 bits per heavy atom. The highest BCUT2D eigenvalue weighted by molar-refractivity contribution is 5.84.